The van der Waals surface area contributed by atoms with Crippen molar-refractivity contribution in [3.63, 3.8) is 0 Å². The summed E-state index contributed by atoms with van der Waals surface area (Å²) in [7, 11) is 0.811. The Hall–Kier alpha value is -0.910. The Morgan fingerprint density at radius 3 is 1.68 bits per heavy atom. The lowest BCUT2D eigenvalue weighted by Gasteiger charge is -2.29. The Morgan fingerprint density at radius 2 is 1.18 bits per heavy atom. The second kappa shape index (κ2) is 15.0. The van der Waals surface area contributed by atoms with Crippen LogP contribution in [0.4, 0.5) is 0 Å². The molecule has 0 aliphatic heterocycles. The van der Waals surface area contributed by atoms with Crippen LogP contribution in [0.15, 0.2) is 24.3 Å². The summed E-state index contributed by atoms with van der Waals surface area (Å²) in [6, 6.07) is 9.42. The van der Waals surface area contributed by atoms with Crippen LogP contribution in [0, 0.1) is 0 Å². The highest BCUT2D eigenvalue weighted by atomic mass is 32.2. The molecule has 0 aliphatic rings. The molecule has 164 valence electrons. The maximum absolute atomic E-state index is 9.08. The van der Waals surface area contributed by atoms with Crippen LogP contribution in [-0.4, -0.2) is 50.9 Å². The first-order chi connectivity index (χ1) is 13.1. The Labute approximate surface area is 174 Å². The van der Waals surface area contributed by atoms with Gasteiger partial charge >= 0.3 is 0 Å². The summed E-state index contributed by atoms with van der Waals surface area (Å²) in [6.07, 6.45) is 14.0. The van der Waals surface area contributed by atoms with E-state index in [0.717, 1.165) is 4.48 Å². The van der Waals surface area contributed by atoms with E-state index in [-0.39, 0.29) is 0 Å². The summed E-state index contributed by atoms with van der Waals surface area (Å²) < 4.78 is 28.4. The summed E-state index contributed by atoms with van der Waals surface area (Å²) in [5.41, 5.74) is 3.02. The molecular formula is C23H43NO3S. The predicted octanol–water partition coefficient (Wildman–Crippen LogP) is 5.17. The van der Waals surface area contributed by atoms with E-state index < -0.39 is 10.1 Å². The smallest absolute Gasteiger partial charge is 0.0916 e. The van der Waals surface area contributed by atoms with Crippen molar-refractivity contribution >= 4 is 10.1 Å². The molecule has 0 saturated carbocycles. The van der Waals surface area contributed by atoms with Crippen molar-refractivity contribution in [2.75, 3.05) is 33.4 Å². The summed E-state index contributed by atoms with van der Waals surface area (Å²) in [4.78, 5) is 0. The van der Waals surface area contributed by atoms with Crippen molar-refractivity contribution in [1.29, 1.82) is 0 Å². The average Bonchev–Trinajstić information content (AvgIpc) is 2.61. The molecular weight excluding hydrogens is 370 g/mol. The van der Waals surface area contributed by atoms with E-state index in [2.05, 4.69) is 52.2 Å². The number of rotatable bonds is 13. The Balaban J connectivity index is 0.00000129. The highest BCUT2D eigenvalue weighted by Crippen LogP contribution is 2.12. The fourth-order valence-electron chi connectivity index (χ4n) is 3.11. The molecule has 0 fully saturated rings. The predicted molar refractivity (Wildman–Crippen MR) is 120 cm³/mol. The van der Waals surface area contributed by atoms with E-state index >= 15 is 0 Å². The van der Waals surface area contributed by atoms with E-state index in [0.29, 0.717) is 6.26 Å². The van der Waals surface area contributed by atoms with Crippen LogP contribution in [0.3, 0.4) is 0 Å². The number of benzene rings is 1. The molecule has 0 atom stereocenters. The molecule has 0 unspecified atom stereocenters. The lowest BCUT2D eigenvalue weighted by molar-refractivity contribution is -0.890. The number of nitrogens with zero attached hydrogens (tertiary/aromatic N) is 1. The molecule has 1 aromatic carbocycles. The zero-order chi connectivity index (χ0) is 21.5. The normalized spacial score (nSPS) is 11.8. The van der Waals surface area contributed by atoms with Crippen LogP contribution < -0.4 is 0 Å². The molecule has 0 bridgehead atoms. The van der Waals surface area contributed by atoms with E-state index in [9.17, 15) is 0 Å². The van der Waals surface area contributed by atoms with E-state index in [1.165, 1.54) is 88.4 Å². The maximum atomic E-state index is 9.08. The van der Waals surface area contributed by atoms with Gasteiger partial charge in [0, 0.05) is 12.7 Å². The molecule has 28 heavy (non-hydrogen) atoms. The monoisotopic (exact) mass is 413 g/mol. The lowest BCUT2D eigenvalue weighted by atomic mass is 10.0. The Bertz CT molecular complexity index is 587. The second-order valence-electron chi connectivity index (χ2n) is 8.52. The minimum Gasteiger partial charge on any atom is -0.748 e. The van der Waals surface area contributed by atoms with Crippen LogP contribution in [0.1, 0.15) is 76.3 Å². The van der Waals surface area contributed by atoms with Gasteiger partial charge in [-0.15, -0.1) is 0 Å². The first-order valence-electron chi connectivity index (χ1n) is 10.9. The molecule has 0 aromatic heterocycles. The van der Waals surface area contributed by atoms with Gasteiger partial charge in [0.05, 0.1) is 37.3 Å². The number of aryl methyl sites for hydroxylation is 1. The van der Waals surface area contributed by atoms with Crippen molar-refractivity contribution < 1.29 is 17.5 Å². The minimum atomic E-state index is -3.92. The molecule has 0 amide bonds. The van der Waals surface area contributed by atoms with Gasteiger partial charge in [0.2, 0.25) is 0 Å². The van der Waals surface area contributed by atoms with Crippen LogP contribution >= 0.6 is 0 Å². The highest BCUT2D eigenvalue weighted by Gasteiger charge is 2.13. The van der Waals surface area contributed by atoms with E-state index in [4.69, 9.17) is 13.0 Å². The van der Waals surface area contributed by atoms with Crippen molar-refractivity contribution in [3.8, 4) is 0 Å². The SMILES string of the molecule is CCCCCCCCc1ccc(CC[N+](C)(C)CCCC)cc1.CS(=O)(=O)[O-]. The van der Waals surface area contributed by atoms with E-state index in [1.807, 2.05) is 0 Å². The van der Waals surface area contributed by atoms with E-state index in [1.54, 1.807) is 0 Å². The average molecular weight is 414 g/mol. The summed E-state index contributed by atoms with van der Waals surface area (Å²) in [6.45, 7) is 7.11. The van der Waals surface area contributed by atoms with Gasteiger partial charge < -0.3 is 9.04 Å². The molecule has 0 spiro atoms. The summed E-state index contributed by atoms with van der Waals surface area (Å²) >= 11 is 0. The maximum Gasteiger partial charge on any atom is 0.0916 e. The molecule has 0 saturated heterocycles. The fourth-order valence-corrected chi connectivity index (χ4v) is 3.11. The molecule has 0 aliphatic carbocycles. The quantitative estimate of drug-likeness (QED) is 0.255. The molecule has 1 aromatic rings. The molecule has 0 heterocycles. The zero-order valence-corrected chi connectivity index (χ0v) is 19.7. The molecule has 1 rings (SSSR count). The van der Waals surface area contributed by atoms with Crippen LogP contribution in [0.5, 0.6) is 0 Å². The topological polar surface area (TPSA) is 57.2 Å². The Kier molecular flexibility index (Phi) is 14.5. The zero-order valence-electron chi connectivity index (χ0n) is 18.9. The first kappa shape index (κ1) is 27.1. The van der Waals surface area contributed by atoms with Crippen molar-refractivity contribution in [2.45, 2.75) is 78.1 Å². The highest BCUT2D eigenvalue weighted by molar-refractivity contribution is 7.84. The standard InChI is InChI=1S/C22H40N.CH4O3S/c1-5-7-9-10-11-12-13-21-14-16-22(17-15-21)18-20-23(3,4)19-8-6-2;1-5(2,3)4/h14-17H,5-13,18-20H2,1-4H3;1H3,(H,2,3,4)/q+1;/p-1. The summed E-state index contributed by atoms with van der Waals surface area (Å²) in [5.74, 6) is 0. The van der Waals surface area contributed by atoms with Gasteiger partial charge in [-0.25, -0.2) is 8.42 Å². The van der Waals surface area contributed by atoms with Crippen molar-refractivity contribution in [3.05, 3.63) is 35.4 Å². The number of unbranched alkanes of at least 4 members (excludes halogenated alkanes) is 6. The number of hydrogen-bond donors (Lipinski definition) is 0. The Morgan fingerprint density at radius 1 is 0.750 bits per heavy atom. The largest absolute Gasteiger partial charge is 0.748 e. The summed E-state index contributed by atoms with van der Waals surface area (Å²) in [5, 5.41) is 0. The number of likely N-dealkylation sites (N-methyl/N-ethyl adjacent to an activating group) is 1. The third-order valence-corrected chi connectivity index (χ3v) is 4.96. The minimum absolute atomic E-state index is 0.604. The number of quaternary nitrogens is 1. The number of hydrogen-bond acceptors (Lipinski definition) is 3. The van der Waals surface area contributed by atoms with Crippen molar-refractivity contribution in [2.24, 2.45) is 0 Å². The molecule has 0 N–H and O–H groups in total. The third kappa shape index (κ3) is 18.5. The third-order valence-electron chi connectivity index (χ3n) is 4.96. The van der Waals surface area contributed by atoms with Gasteiger partial charge in [-0.1, -0.05) is 76.6 Å². The van der Waals surface area contributed by atoms with Gasteiger partial charge in [0.15, 0.2) is 0 Å². The second-order valence-corrected chi connectivity index (χ2v) is 9.93. The van der Waals surface area contributed by atoms with Crippen molar-refractivity contribution in [1.82, 2.24) is 0 Å². The van der Waals surface area contributed by atoms with Crippen LogP contribution in [0.2, 0.25) is 0 Å². The van der Waals surface area contributed by atoms with Gasteiger partial charge in [0.1, 0.15) is 0 Å². The molecule has 5 heteroatoms. The van der Waals surface area contributed by atoms with Gasteiger partial charge in [-0.2, -0.15) is 0 Å². The van der Waals surface area contributed by atoms with Crippen LogP contribution in [-0.2, 0) is 23.0 Å². The van der Waals surface area contributed by atoms with Gasteiger partial charge in [-0.05, 0) is 30.4 Å². The van der Waals surface area contributed by atoms with Crippen LogP contribution in [0.25, 0.3) is 0 Å². The lowest BCUT2D eigenvalue weighted by Crippen LogP contribution is -2.42. The fraction of sp³-hybridized carbons (Fsp3) is 0.739. The van der Waals surface area contributed by atoms with Gasteiger partial charge in [0.25, 0.3) is 0 Å². The molecule has 0 radical (unpaired) electrons. The first-order valence-corrected chi connectivity index (χ1v) is 12.7. The molecule has 4 nitrogen and oxygen atoms in total. The van der Waals surface area contributed by atoms with Gasteiger partial charge in [-0.3, -0.25) is 0 Å².